The summed E-state index contributed by atoms with van der Waals surface area (Å²) in [6.45, 7) is 0. The Morgan fingerprint density at radius 3 is 2.89 bits per heavy atom. The average molecular weight is 255 g/mol. The summed E-state index contributed by atoms with van der Waals surface area (Å²) < 4.78 is 13.7. The van der Waals surface area contributed by atoms with E-state index in [1.54, 1.807) is 11.9 Å². The summed E-state index contributed by atoms with van der Waals surface area (Å²) in [6.07, 6.45) is 4.22. The van der Waals surface area contributed by atoms with Crippen LogP contribution in [-0.4, -0.2) is 34.3 Å². The van der Waals surface area contributed by atoms with Gasteiger partial charge in [0.15, 0.2) is 11.6 Å². The van der Waals surface area contributed by atoms with Crippen molar-refractivity contribution < 1.29 is 9.50 Å². The molecule has 1 aliphatic rings. The highest BCUT2D eigenvalue weighted by atomic mass is 19.1. The van der Waals surface area contributed by atoms with Gasteiger partial charge in [0, 0.05) is 7.05 Å². The van der Waals surface area contributed by atoms with Crippen LogP contribution in [0, 0.1) is 5.82 Å². The molecule has 1 aromatic heterocycles. The summed E-state index contributed by atoms with van der Waals surface area (Å²) >= 11 is 0. The van der Waals surface area contributed by atoms with Crippen molar-refractivity contribution in [2.45, 2.75) is 37.8 Å². The van der Waals surface area contributed by atoms with Crippen LogP contribution in [0.1, 0.15) is 25.7 Å². The van der Waals surface area contributed by atoms with E-state index in [9.17, 15) is 9.50 Å². The Morgan fingerprint density at radius 1 is 1.50 bits per heavy atom. The van der Waals surface area contributed by atoms with Crippen molar-refractivity contribution in [2.24, 2.45) is 5.84 Å². The maximum absolute atomic E-state index is 13.7. The van der Waals surface area contributed by atoms with Gasteiger partial charge in [0.1, 0.15) is 0 Å². The fourth-order valence-corrected chi connectivity index (χ4v) is 2.38. The molecule has 7 heteroatoms. The third-order valence-electron chi connectivity index (χ3n) is 3.38. The molecule has 0 saturated heterocycles. The van der Waals surface area contributed by atoms with E-state index in [2.05, 4.69) is 15.4 Å². The van der Waals surface area contributed by atoms with Gasteiger partial charge in [-0.05, 0) is 12.8 Å². The first kappa shape index (κ1) is 13.0. The highest BCUT2D eigenvalue weighted by Gasteiger charge is 2.29. The van der Waals surface area contributed by atoms with E-state index in [4.69, 9.17) is 5.84 Å². The zero-order valence-electron chi connectivity index (χ0n) is 10.3. The van der Waals surface area contributed by atoms with Crippen LogP contribution < -0.4 is 16.2 Å². The highest BCUT2D eigenvalue weighted by Crippen LogP contribution is 2.27. The number of nitrogens with two attached hydrogens (primary N) is 1. The Bertz CT molecular complexity index is 416. The maximum Gasteiger partial charge on any atom is 0.239 e. The van der Waals surface area contributed by atoms with Gasteiger partial charge in [-0.2, -0.15) is 4.98 Å². The molecule has 6 nitrogen and oxygen atoms in total. The first-order valence-corrected chi connectivity index (χ1v) is 6.03. The quantitative estimate of drug-likeness (QED) is 0.543. The molecule has 1 fully saturated rings. The molecule has 2 unspecified atom stereocenters. The number of hydrogen-bond acceptors (Lipinski definition) is 6. The van der Waals surface area contributed by atoms with E-state index >= 15 is 0 Å². The van der Waals surface area contributed by atoms with E-state index in [-0.39, 0.29) is 17.8 Å². The molecule has 1 aromatic rings. The maximum atomic E-state index is 13.7. The van der Waals surface area contributed by atoms with Crippen LogP contribution in [0.5, 0.6) is 0 Å². The van der Waals surface area contributed by atoms with Crippen LogP contribution >= 0.6 is 0 Å². The van der Waals surface area contributed by atoms with Crippen molar-refractivity contribution in [2.75, 3.05) is 17.4 Å². The molecule has 1 saturated carbocycles. The molecular weight excluding hydrogens is 237 g/mol. The fourth-order valence-electron chi connectivity index (χ4n) is 2.38. The second kappa shape index (κ2) is 5.45. The summed E-state index contributed by atoms with van der Waals surface area (Å²) in [4.78, 5) is 9.35. The van der Waals surface area contributed by atoms with Crippen molar-refractivity contribution >= 4 is 11.8 Å². The van der Waals surface area contributed by atoms with Crippen molar-refractivity contribution in [3.63, 3.8) is 0 Å². The first-order chi connectivity index (χ1) is 8.63. The van der Waals surface area contributed by atoms with Gasteiger partial charge in [0.2, 0.25) is 5.95 Å². The molecular formula is C11H18FN5O. The number of nitrogens with zero attached hydrogens (tertiary/aromatic N) is 3. The zero-order chi connectivity index (χ0) is 13.1. The van der Waals surface area contributed by atoms with E-state index in [0.29, 0.717) is 0 Å². The Labute approximate surface area is 105 Å². The summed E-state index contributed by atoms with van der Waals surface area (Å²) in [5, 5.41) is 9.97. The molecule has 0 radical (unpaired) electrons. The largest absolute Gasteiger partial charge is 0.391 e. The Hall–Kier alpha value is -1.47. The minimum atomic E-state index is -0.519. The molecule has 0 aliphatic heterocycles. The predicted molar refractivity (Wildman–Crippen MR) is 66.5 cm³/mol. The molecule has 2 rings (SSSR count). The predicted octanol–water partition coefficient (Wildman–Crippen LogP) is 0.641. The highest BCUT2D eigenvalue weighted by molar-refractivity contribution is 5.44. The SMILES string of the molecule is CN(c1nc(NN)ncc1F)C1CCCCC1O. The molecule has 0 bridgehead atoms. The zero-order valence-corrected chi connectivity index (χ0v) is 10.3. The van der Waals surface area contributed by atoms with Crippen molar-refractivity contribution in [1.29, 1.82) is 0 Å². The number of hydrazine groups is 1. The lowest BCUT2D eigenvalue weighted by Gasteiger charge is -2.35. The lowest BCUT2D eigenvalue weighted by molar-refractivity contribution is 0.105. The number of anilines is 2. The van der Waals surface area contributed by atoms with Crippen LogP contribution in [0.15, 0.2) is 6.20 Å². The average Bonchev–Trinajstić information content (AvgIpc) is 2.39. The molecule has 0 aromatic carbocycles. The Balaban J connectivity index is 2.23. The summed E-state index contributed by atoms with van der Waals surface area (Å²) in [5.74, 6) is 5.00. The molecule has 1 heterocycles. The summed E-state index contributed by atoms with van der Waals surface area (Å²) in [5.41, 5.74) is 2.29. The third kappa shape index (κ3) is 2.51. The standard InChI is InChI=1S/C11H18FN5O/c1-17(8-4-2-3-5-9(8)18)10-7(12)6-14-11(15-10)16-13/h6,8-9,18H,2-5,13H2,1H3,(H,14,15,16). The topological polar surface area (TPSA) is 87.3 Å². The van der Waals surface area contributed by atoms with Gasteiger partial charge in [-0.1, -0.05) is 12.8 Å². The molecule has 100 valence electrons. The number of nitrogens with one attached hydrogen (secondary N) is 1. The number of nitrogen functional groups attached to an aromatic ring is 1. The number of aromatic nitrogens is 2. The molecule has 2 atom stereocenters. The van der Waals surface area contributed by atoms with Gasteiger partial charge < -0.3 is 10.0 Å². The van der Waals surface area contributed by atoms with Crippen molar-refractivity contribution in [3.8, 4) is 0 Å². The molecule has 4 N–H and O–H groups in total. The number of halogens is 1. The van der Waals surface area contributed by atoms with Crippen LogP contribution in [0.4, 0.5) is 16.2 Å². The van der Waals surface area contributed by atoms with Crippen LogP contribution in [-0.2, 0) is 0 Å². The minimum Gasteiger partial charge on any atom is -0.391 e. The Morgan fingerprint density at radius 2 is 2.22 bits per heavy atom. The monoisotopic (exact) mass is 255 g/mol. The van der Waals surface area contributed by atoms with Crippen LogP contribution in [0.2, 0.25) is 0 Å². The van der Waals surface area contributed by atoms with Crippen LogP contribution in [0.25, 0.3) is 0 Å². The van der Waals surface area contributed by atoms with Gasteiger partial charge in [0.05, 0.1) is 18.3 Å². The lowest BCUT2D eigenvalue weighted by Crippen LogP contribution is -2.44. The smallest absolute Gasteiger partial charge is 0.239 e. The van der Waals surface area contributed by atoms with Gasteiger partial charge >= 0.3 is 0 Å². The van der Waals surface area contributed by atoms with E-state index < -0.39 is 11.9 Å². The number of aliphatic hydroxyl groups is 1. The van der Waals surface area contributed by atoms with Gasteiger partial charge in [0.25, 0.3) is 0 Å². The third-order valence-corrected chi connectivity index (χ3v) is 3.38. The number of likely N-dealkylation sites (N-methyl/N-ethyl adjacent to an activating group) is 1. The van der Waals surface area contributed by atoms with Gasteiger partial charge in [-0.25, -0.2) is 15.2 Å². The molecule has 18 heavy (non-hydrogen) atoms. The minimum absolute atomic E-state index is 0.117. The van der Waals surface area contributed by atoms with Crippen molar-refractivity contribution in [1.82, 2.24) is 9.97 Å². The fraction of sp³-hybridized carbons (Fsp3) is 0.636. The lowest BCUT2D eigenvalue weighted by atomic mass is 9.91. The summed E-state index contributed by atoms with van der Waals surface area (Å²) in [7, 11) is 1.73. The van der Waals surface area contributed by atoms with Gasteiger partial charge in [-0.3, -0.25) is 5.43 Å². The summed E-state index contributed by atoms with van der Waals surface area (Å²) in [6, 6.07) is -0.117. The number of hydrogen-bond donors (Lipinski definition) is 3. The van der Waals surface area contributed by atoms with E-state index in [0.717, 1.165) is 31.9 Å². The second-order valence-electron chi connectivity index (χ2n) is 4.54. The second-order valence-corrected chi connectivity index (χ2v) is 4.54. The number of aliphatic hydroxyl groups excluding tert-OH is 1. The van der Waals surface area contributed by atoms with E-state index in [1.807, 2.05) is 0 Å². The van der Waals surface area contributed by atoms with Crippen molar-refractivity contribution in [3.05, 3.63) is 12.0 Å². The molecule has 1 aliphatic carbocycles. The number of rotatable bonds is 3. The van der Waals surface area contributed by atoms with E-state index in [1.165, 1.54) is 0 Å². The molecule has 0 amide bonds. The molecule has 0 spiro atoms. The first-order valence-electron chi connectivity index (χ1n) is 6.03. The normalized spacial score (nSPS) is 23.8. The van der Waals surface area contributed by atoms with Gasteiger partial charge in [-0.15, -0.1) is 0 Å². The Kier molecular flexibility index (Phi) is 3.93. The van der Waals surface area contributed by atoms with Crippen LogP contribution in [0.3, 0.4) is 0 Å².